The molecule has 0 bridgehead atoms. The number of benzene rings is 1. The van der Waals surface area contributed by atoms with Crippen LogP contribution in [0.1, 0.15) is 31.2 Å². The van der Waals surface area contributed by atoms with Gasteiger partial charge in [0, 0.05) is 51.8 Å². The molecule has 29 heavy (non-hydrogen) atoms. The van der Waals surface area contributed by atoms with Gasteiger partial charge in [-0.3, -0.25) is 19.3 Å². The first-order valence-electron chi connectivity index (χ1n) is 9.83. The van der Waals surface area contributed by atoms with E-state index in [0.29, 0.717) is 36.8 Å². The number of ether oxygens (including phenoxy) is 2. The monoisotopic (exact) mass is 422 g/mol. The van der Waals surface area contributed by atoms with Crippen molar-refractivity contribution in [3.63, 3.8) is 0 Å². The number of hydrogen-bond acceptors (Lipinski definition) is 5. The lowest BCUT2D eigenvalue weighted by atomic mass is 9.75. The van der Waals surface area contributed by atoms with Crippen LogP contribution in [0.3, 0.4) is 0 Å². The molecular weight excluding hydrogens is 396 g/mol. The van der Waals surface area contributed by atoms with Gasteiger partial charge in [-0.1, -0.05) is 29.8 Å². The number of nitrogens with zero attached hydrogens (tertiary/aromatic N) is 2. The lowest BCUT2D eigenvalue weighted by molar-refractivity contribution is -0.143. The minimum Gasteiger partial charge on any atom is -0.385 e. The number of imide groups is 1. The second-order valence-corrected chi connectivity index (χ2v) is 8.04. The van der Waals surface area contributed by atoms with E-state index in [9.17, 15) is 14.4 Å². The standard InChI is InChI=1S/C21H27ClN2O5/c1-23(15-8-11-29-14-15)18(25)12-21(16-6-3-4-7-17(16)22)13-19(26)24(20(21)27)9-5-10-28-2/h3-4,6-7,15H,5,8-14H2,1-2H3/t15-,21-/m0/s1. The van der Waals surface area contributed by atoms with Gasteiger partial charge in [0.1, 0.15) is 0 Å². The fourth-order valence-electron chi connectivity index (χ4n) is 4.10. The largest absolute Gasteiger partial charge is 0.385 e. The first-order valence-corrected chi connectivity index (χ1v) is 10.2. The fourth-order valence-corrected chi connectivity index (χ4v) is 4.42. The molecule has 0 aliphatic carbocycles. The van der Waals surface area contributed by atoms with E-state index >= 15 is 0 Å². The van der Waals surface area contributed by atoms with Gasteiger partial charge in [-0.15, -0.1) is 0 Å². The quantitative estimate of drug-likeness (QED) is 0.473. The topological polar surface area (TPSA) is 76.2 Å². The third-order valence-corrected chi connectivity index (χ3v) is 6.16. The molecule has 2 fully saturated rings. The highest BCUT2D eigenvalue weighted by atomic mass is 35.5. The molecule has 7 nitrogen and oxygen atoms in total. The van der Waals surface area contributed by atoms with E-state index < -0.39 is 5.41 Å². The smallest absolute Gasteiger partial charge is 0.240 e. The third-order valence-electron chi connectivity index (χ3n) is 5.83. The van der Waals surface area contributed by atoms with Gasteiger partial charge in [0.2, 0.25) is 17.7 Å². The van der Waals surface area contributed by atoms with Crippen molar-refractivity contribution in [3.8, 4) is 0 Å². The molecule has 0 unspecified atom stereocenters. The maximum Gasteiger partial charge on any atom is 0.240 e. The van der Waals surface area contributed by atoms with Crippen LogP contribution in [-0.4, -0.2) is 74.1 Å². The molecule has 2 aliphatic heterocycles. The summed E-state index contributed by atoms with van der Waals surface area (Å²) in [5.74, 6) is -0.845. The second kappa shape index (κ2) is 9.24. The maximum atomic E-state index is 13.5. The van der Waals surface area contributed by atoms with E-state index in [1.165, 1.54) is 4.90 Å². The average molecular weight is 423 g/mol. The van der Waals surface area contributed by atoms with Gasteiger partial charge in [-0.2, -0.15) is 0 Å². The number of methoxy groups -OCH3 is 1. The normalized spacial score (nSPS) is 24.4. The summed E-state index contributed by atoms with van der Waals surface area (Å²) >= 11 is 6.42. The van der Waals surface area contributed by atoms with Crippen LogP contribution >= 0.6 is 11.6 Å². The van der Waals surface area contributed by atoms with Crippen molar-refractivity contribution in [1.82, 2.24) is 9.80 Å². The van der Waals surface area contributed by atoms with Crippen LogP contribution in [0.2, 0.25) is 5.02 Å². The Labute approximate surface area is 175 Å². The molecule has 2 saturated heterocycles. The molecule has 3 rings (SSSR count). The van der Waals surface area contributed by atoms with Crippen LogP contribution in [0.5, 0.6) is 0 Å². The van der Waals surface area contributed by atoms with Crippen molar-refractivity contribution in [1.29, 1.82) is 0 Å². The van der Waals surface area contributed by atoms with Crippen molar-refractivity contribution in [2.24, 2.45) is 0 Å². The highest BCUT2D eigenvalue weighted by Crippen LogP contribution is 2.43. The summed E-state index contributed by atoms with van der Waals surface area (Å²) in [5, 5.41) is 0.382. The maximum absolute atomic E-state index is 13.5. The molecule has 1 aromatic rings. The van der Waals surface area contributed by atoms with Crippen molar-refractivity contribution in [3.05, 3.63) is 34.9 Å². The number of amides is 3. The molecule has 0 radical (unpaired) electrons. The number of hydrogen-bond donors (Lipinski definition) is 0. The number of carbonyl (C=O) groups excluding carboxylic acids is 3. The van der Waals surface area contributed by atoms with E-state index in [2.05, 4.69) is 0 Å². The Hall–Kier alpha value is -1.96. The molecule has 8 heteroatoms. The van der Waals surface area contributed by atoms with Crippen LogP contribution in [0.25, 0.3) is 0 Å². The first kappa shape index (κ1) is 21.7. The Kier molecular flexibility index (Phi) is 6.93. The van der Waals surface area contributed by atoms with Gasteiger partial charge in [-0.05, 0) is 24.5 Å². The molecule has 3 amide bonds. The zero-order valence-electron chi connectivity index (χ0n) is 16.9. The van der Waals surface area contributed by atoms with E-state index in [1.54, 1.807) is 43.3 Å². The lowest BCUT2D eigenvalue weighted by Gasteiger charge is -2.31. The predicted octanol–water partition coefficient (Wildman–Crippen LogP) is 2.01. The third kappa shape index (κ3) is 4.32. The summed E-state index contributed by atoms with van der Waals surface area (Å²) in [4.78, 5) is 42.2. The Morgan fingerprint density at radius 1 is 1.38 bits per heavy atom. The molecule has 0 saturated carbocycles. The first-order chi connectivity index (χ1) is 13.9. The van der Waals surface area contributed by atoms with Gasteiger partial charge >= 0.3 is 0 Å². The summed E-state index contributed by atoms with van der Waals surface area (Å²) in [7, 11) is 3.29. The number of likely N-dealkylation sites (N-methyl/N-ethyl adjacent to an activating group) is 1. The van der Waals surface area contributed by atoms with Crippen LogP contribution in [0.4, 0.5) is 0 Å². The molecular formula is C21H27ClN2O5. The van der Waals surface area contributed by atoms with Gasteiger partial charge in [0.05, 0.1) is 18.1 Å². The van der Waals surface area contributed by atoms with Crippen molar-refractivity contribution in [2.45, 2.75) is 37.1 Å². The Morgan fingerprint density at radius 3 is 2.79 bits per heavy atom. The molecule has 0 spiro atoms. The zero-order valence-corrected chi connectivity index (χ0v) is 17.6. The van der Waals surface area contributed by atoms with E-state index in [0.717, 1.165) is 6.42 Å². The summed E-state index contributed by atoms with van der Waals surface area (Å²) in [6.07, 6.45) is 1.13. The SMILES string of the molecule is COCCCN1C(=O)C[C@@](CC(=O)N(C)[C@H]2CCOC2)(c2ccccc2Cl)C1=O. The molecule has 1 aromatic carbocycles. The number of carbonyl (C=O) groups is 3. The molecule has 158 valence electrons. The molecule has 2 atom stereocenters. The fraction of sp³-hybridized carbons (Fsp3) is 0.571. The molecule has 0 aromatic heterocycles. The van der Waals surface area contributed by atoms with Crippen LogP contribution < -0.4 is 0 Å². The number of likely N-dealkylation sites (tertiary alicyclic amines) is 1. The van der Waals surface area contributed by atoms with Crippen molar-refractivity contribution >= 4 is 29.3 Å². The van der Waals surface area contributed by atoms with Crippen LogP contribution in [0.15, 0.2) is 24.3 Å². The molecule has 0 N–H and O–H groups in total. The summed E-state index contributed by atoms with van der Waals surface area (Å²) in [6, 6.07) is 6.94. The van der Waals surface area contributed by atoms with Gasteiger partial charge in [0.25, 0.3) is 0 Å². The van der Waals surface area contributed by atoms with E-state index in [4.69, 9.17) is 21.1 Å². The van der Waals surface area contributed by atoms with Crippen LogP contribution in [0, 0.1) is 0 Å². The summed E-state index contributed by atoms with van der Waals surface area (Å²) < 4.78 is 10.4. The molecule has 2 heterocycles. The lowest BCUT2D eigenvalue weighted by Crippen LogP contribution is -2.45. The van der Waals surface area contributed by atoms with Crippen molar-refractivity contribution in [2.75, 3.05) is 40.5 Å². The van der Waals surface area contributed by atoms with Crippen molar-refractivity contribution < 1.29 is 23.9 Å². The van der Waals surface area contributed by atoms with Crippen LogP contribution in [-0.2, 0) is 29.3 Å². The highest BCUT2D eigenvalue weighted by Gasteiger charge is 2.54. The minimum atomic E-state index is -1.28. The number of rotatable bonds is 8. The van der Waals surface area contributed by atoms with E-state index in [1.807, 2.05) is 0 Å². The summed E-state index contributed by atoms with van der Waals surface area (Å²) in [5.41, 5.74) is -0.758. The second-order valence-electron chi connectivity index (χ2n) is 7.63. The summed E-state index contributed by atoms with van der Waals surface area (Å²) in [6.45, 7) is 1.80. The highest BCUT2D eigenvalue weighted by molar-refractivity contribution is 6.32. The van der Waals surface area contributed by atoms with Gasteiger partial charge in [-0.25, -0.2) is 0 Å². The van der Waals surface area contributed by atoms with E-state index in [-0.39, 0.29) is 43.1 Å². The number of halogens is 1. The zero-order chi connectivity index (χ0) is 21.0. The Bertz CT molecular complexity index is 780. The minimum absolute atomic E-state index is 0.0178. The molecule has 2 aliphatic rings. The van der Waals surface area contributed by atoms with Gasteiger partial charge < -0.3 is 14.4 Å². The Balaban J connectivity index is 1.91. The van der Waals surface area contributed by atoms with Gasteiger partial charge in [0.15, 0.2) is 0 Å². The Morgan fingerprint density at radius 2 is 2.14 bits per heavy atom. The average Bonchev–Trinajstić information content (AvgIpc) is 3.31. The predicted molar refractivity (Wildman–Crippen MR) is 108 cm³/mol.